The SMILES string of the molecule is N#Cc1cnc(Cc2ccc3ncc(Cl)cc3c2)cc1C(=O)O. The molecule has 3 rings (SSSR count). The lowest BCUT2D eigenvalue weighted by molar-refractivity contribution is 0.0696. The number of benzene rings is 1. The number of aromatic nitrogens is 2. The summed E-state index contributed by atoms with van der Waals surface area (Å²) in [5.74, 6) is -1.14. The predicted octanol–water partition coefficient (Wildman–Crippen LogP) is 3.44. The first kappa shape index (κ1) is 14.9. The van der Waals surface area contributed by atoms with Gasteiger partial charge in [0.05, 0.1) is 21.7 Å². The number of aromatic carboxylic acids is 1. The molecule has 0 saturated heterocycles. The molecule has 1 aromatic carbocycles. The minimum Gasteiger partial charge on any atom is -0.478 e. The van der Waals surface area contributed by atoms with Crippen LogP contribution in [0.2, 0.25) is 5.02 Å². The van der Waals surface area contributed by atoms with E-state index in [1.165, 1.54) is 12.3 Å². The Labute approximate surface area is 136 Å². The number of carboxylic acids is 1. The molecular formula is C17H10ClN3O2. The van der Waals surface area contributed by atoms with E-state index in [9.17, 15) is 4.79 Å². The monoisotopic (exact) mass is 323 g/mol. The van der Waals surface area contributed by atoms with Gasteiger partial charge in [-0.15, -0.1) is 0 Å². The summed E-state index contributed by atoms with van der Waals surface area (Å²) in [7, 11) is 0. The third-order valence-corrected chi connectivity index (χ3v) is 3.62. The highest BCUT2D eigenvalue weighted by Gasteiger charge is 2.12. The van der Waals surface area contributed by atoms with Crippen LogP contribution in [0.5, 0.6) is 0 Å². The molecule has 0 amide bonds. The Morgan fingerprint density at radius 3 is 2.78 bits per heavy atom. The molecule has 0 bridgehead atoms. The van der Waals surface area contributed by atoms with Gasteiger partial charge < -0.3 is 5.11 Å². The second-order valence-corrected chi connectivity index (χ2v) is 5.43. The van der Waals surface area contributed by atoms with E-state index in [2.05, 4.69) is 9.97 Å². The summed E-state index contributed by atoms with van der Waals surface area (Å²) in [6.45, 7) is 0. The molecule has 0 radical (unpaired) electrons. The maximum Gasteiger partial charge on any atom is 0.337 e. The molecule has 3 aromatic rings. The maximum absolute atomic E-state index is 11.2. The molecule has 0 atom stereocenters. The van der Waals surface area contributed by atoms with Crippen molar-refractivity contribution >= 4 is 28.5 Å². The number of carbonyl (C=O) groups is 1. The Bertz CT molecular complexity index is 964. The molecule has 112 valence electrons. The van der Waals surface area contributed by atoms with Crippen molar-refractivity contribution in [2.24, 2.45) is 0 Å². The van der Waals surface area contributed by atoms with Gasteiger partial charge in [-0.3, -0.25) is 9.97 Å². The average Bonchev–Trinajstić information content (AvgIpc) is 2.54. The third kappa shape index (κ3) is 3.12. The largest absolute Gasteiger partial charge is 0.478 e. The number of pyridine rings is 2. The van der Waals surface area contributed by atoms with Crippen molar-refractivity contribution in [3.05, 3.63) is 70.1 Å². The Morgan fingerprint density at radius 2 is 2.04 bits per heavy atom. The van der Waals surface area contributed by atoms with E-state index in [-0.39, 0.29) is 11.1 Å². The molecule has 0 saturated carbocycles. The minimum atomic E-state index is -1.14. The second kappa shape index (κ2) is 6.03. The lowest BCUT2D eigenvalue weighted by Gasteiger charge is -2.05. The van der Waals surface area contributed by atoms with E-state index >= 15 is 0 Å². The van der Waals surface area contributed by atoms with Crippen LogP contribution in [0.1, 0.15) is 27.2 Å². The molecule has 0 aliphatic rings. The lowest BCUT2D eigenvalue weighted by Crippen LogP contribution is -2.04. The number of nitrogens with zero attached hydrogens (tertiary/aromatic N) is 3. The van der Waals surface area contributed by atoms with Crippen LogP contribution in [0.4, 0.5) is 0 Å². The molecule has 5 nitrogen and oxygen atoms in total. The van der Waals surface area contributed by atoms with Gasteiger partial charge in [-0.05, 0) is 29.8 Å². The molecule has 2 aromatic heterocycles. The van der Waals surface area contributed by atoms with Crippen molar-refractivity contribution in [1.29, 1.82) is 5.26 Å². The number of nitriles is 1. The van der Waals surface area contributed by atoms with Crippen LogP contribution in [-0.4, -0.2) is 21.0 Å². The molecule has 23 heavy (non-hydrogen) atoms. The van der Waals surface area contributed by atoms with E-state index in [1.807, 2.05) is 30.3 Å². The number of rotatable bonds is 3. The van der Waals surface area contributed by atoms with E-state index in [1.54, 1.807) is 6.20 Å². The zero-order chi connectivity index (χ0) is 16.4. The zero-order valence-corrected chi connectivity index (χ0v) is 12.6. The first-order chi connectivity index (χ1) is 11.1. The van der Waals surface area contributed by atoms with Crippen LogP contribution in [-0.2, 0) is 6.42 Å². The van der Waals surface area contributed by atoms with Crippen molar-refractivity contribution in [2.45, 2.75) is 6.42 Å². The highest BCUT2D eigenvalue weighted by Crippen LogP contribution is 2.20. The fourth-order valence-electron chi connectivity index (χ4n) is 2.33. The van der Waals surface area contributed by atoms with Crippen molar-refractivity contribution in [2.75, 3.05) is 0 Å². The van der Waals surface area contributed by atoms with Gasteiger partial charge in [-0.2, -0.15) is 5.26 Å². The Balaban J connectivity index is 1.97. The minimum absolute atomic E-state index is 0.0389. The van der Waals surface area contributed by atoms with Crippen LogP contribution < -0.4 is 0 Å². The van der Waals surface area contributed by atoms with Gasteiger partial charge in [0.15, 0.2) is 0 Å². The summed E-state index contributed by atoms with van der Waals surface area (Å²) < 4.78 is 0. The van der Waals surface area contributed by atoms with Crippen LogP contribution in [0.25, 0.3) is 10.9 Å². The molecular weight excluding hydrogens is 314 g/mol. The fourth-order valence-corrected chi connectivity index (χ4v) is 2.50. The molecule has 1 N–H and O–H groups in total. The first-order valence-corrected chi connectivity index (χ1v) is 7.11. The Kier molecular flexibility index (Phi) is 3.92. The van der Waals surface area contributed by atoms with Crippen molar-refractivity contribution in [3.63, 3.8) is 0 Å². The number of carboxylic acid groups (broad SMARTS) is 1. The summed E-state index contributed by atoms with van der Waals surface area (Å²) in [5, 5.41) is 19.5. The second-order valence-electron chi connectivity index (χ2n) is 5.00. The number of hydrogen-bond acceptors (Lipinski definition) is 4. The van der Waals surface area contributed by atoms with Crippen LogP contribution in [0.3, 0.4) is 0 Å². The molecule has 0 unspecified atom stereocenters. The Hall–Kier alpha value is -2.97. The van der Waals surface area contributed by atoms with E-state index in [0.717, 1.165) is 16.5 Å². The summed E-state index contributed by atoms with van der Waals surface area (Å²) >= 11 is 5.95. The number of hydrogen-bond donors (Lipinski definition) is 1. The predicted molar refractivity (Wildman–Crippen MR) is 85.5 cm³/mol. The highest BCUT2D eigenvalue weighted by atomic mass is 35.5. The van der Waals surface area contributed by atoms with Gasteiger partial charge in [0.2, 0.25) is 0 Å². The molecule has 2 heterocycles. The zero-order valence-electron chi connectivity index (χ0n) is 11.8. The summed E-state index contributed by atoms with van der Waals surface area (Å²) in [6, 6.07) is 10.8. The van der Waals surface area contributed by atoms with E-state index in [4.69, 9.17) is 22.0 Å². The molecule has 0 fully saturated rings. The molecule has 6 heteroatoms. The summed E-state index contributed by atoms with van der Waals surface area (Å²) in [4.78, 5) is 19.6. The van der Waals surface area contributed by atoms with Gasteiger partial charge in [0.25, 0.3) is 0 Å². The number of fused-ring (bicyclic) bond motifs is 1. The number of halogens is 1. The quantitative estimate of drug-likeness (QED) is 0.797. The molecule has 0 aliphatic carbocycles. The maximum atomic E-state index is 11.2. The van der Waals surface area contributed by atoms with Gasteiger partial charge in [0, 0.05) is 29.9 Å². The topological polar surface area (TPSA) is 86.9 Å². The van der Waals surface area contributed by atoms with E-state index < -0.39 is 5.97 Å². The average molecular weight is 324 g/mol. The van der Waals surface area contributed by atoms with Crippen LogP contribution in [0, 0.1) is 11.3 Å². The highest BCUT2D eigenvalue weighted by molar-refractivity contribution is 6.31. The van der Waals surface area contributed by atoms with Crippen molar-refractivity contribution < 1.29 is 9.90 Å². The molecule has 0 spiro atoms. The van der Waals surface area contributed by atoms with Gasteiger partial charge >= 0.3 is 5.97 Å². The first-order valence-electron chi connectivity index (χ1n) is 6.73. The lowest BCUT2D eigenvalue weighted by atomic mass is 10.0. The van der Waals surface area contributed by atoms with Crippen molar-refractivity contribution in [3.8, 4) is 6.07 Å². The standard InChI is InChI=1S/C17H10ClN3O2/c18-13-5-11-3-10(1-2-16(11)21-9-13)4-14-6-15(17(22)23)12(7-19)8-20-14/h1-3,5-6,8-9H,4H2,(H,22,23). The van der Waals surface area contributed by atoms with E-state index in [0.29, 0.717) is 17.1 Å². The Morgan fingerprint density at radius 1 is 1.22 bits per heavy atom. The van der Waals surface area contributed by atoms with Gasteiger partial charge in [-0.1, -0.05) is 17.7 Å². The van der Waals surface area contributed by atoms with Gasteiger partial charge in [0.1, 0.15) is 6.07 Å². The normalized spacial score (nSPS) is 10.4. The fraction of sp³-hybridized carbons (Fsp3) is 0.0588. The third-order valence-electron chi connectivity index (χ3n) is 3.41. The summed E-state index contributed by atoms with van der Waals surface area (Å²) in [5.41, 5.74) is 2.38. The summed E-state index contributed by atoms with van der Waals surface area (Å²) in [6.07, 6.45) is 3.33. The van der Waals surface area contributed by atoms with Gasteiger partial charge in [-0.25, -0.2) is 4.79 Å². The smallest absolute Gasteiger partial charge is 0.337 e. The van der Waals surface area contributed by atoms with Crippen LogP contribution >= 0.6 is 11.6 Å². The molecule has 0 aliphatic heterocycles. The van der Waals surface area contributed by atoms with Crippen LogP contribution in [0.15, 0.2) is 42.7 Å². The van der Waals surface area contributed by atoms with Crippen molar-refractivity contribution in [1.82, 2.24) is 9.97 Å².